The fourth-order valence-electron chi connectivity index (χ4n) is 1.84. The third-order valence-corrected chi connectivity index (χ3v) is 2.86. The van der Waals surface area contributed by atoms with Crippen molar-refractivity contribution in [3.05, 3.63) is 29.6 Å². The van der Waals surface area contributed by atoms with Crippen molar-refractivity contribution in [1.29, 1.82) is 0 Å². The summed E-state index contributed by atoms with van der Waals surface area (Å²) in [6.45, 7) is 0.511. The Balaban J connectivity index is 2.08. The first-order valence-electron chi connectivity index (χ1n) is 5.92. The van der Waals surface area contributed by atoms with Gasteiger partial charge in [-0.2, -0.15) is 0 Å². The van der Waals surface area contributed by atoms with Crippen molar-refractivity contribution in [2.45, 2.75) is 12.2 Å². The number of nitrogens with zero attached hydrogens (tertiary/aromatic N) is 2. The van der Waals surface area contributed by atoms with Gasteiger partial charge < -0.3 is 20.8 Å². The highest BCUT2D eigenvalue weighted by Gasteiger charge is 2.33. The summed E-state index contributed by atoms with van der Waals surface area (Å²) in [6.07, 6.45) is -0.281. The summed E-state index contributed by atoms with van der Waals surface area (Å²) in [5.41, 5.74) is 6.21. The second kappa shape index (κ2) is 5.80. The van der Waals surface area contributed by atoms with E-state index in [2.05, 4.69) is 16.8 Å². The number of β-amino-alcohol motifs (C(OH)–C–C–N with tert-alkyl or cyclic N) is 2. The Bertz CT molecular complexity index is 508. The molecule has 6 nitrogen and oxygen atoms in total. The van der Waals surface area contributed by atoms with Crippen LogP contribution in [-0.2, 0) is 0 Å². The second-order valence-corrected chi connectivity index (χ2v) is 4.28. The fourth-order valence-corrected chi connectivity index (χ4v) is 1.84. The molecule has 1 aliphatic rings. The van der Waals surface area contributed by atoms with Crippen molar-refractivity contribution < 1.29 is 15.0 Å². The number of carbonyl (C=O) groups excluding carboxylic acids is 1. The topological polar surface area (TPSA) is 99.7 Å². The number of pyridine rings is 1. The number of rotatable bonds is 1. The average molecular weight is 261 g/mol. The molecule has 1 aliphatic heterocycles. The Kier molecular flexibility index (Phi) is 4.12. The van der Waals surface area contributed by atoms with Gasteiger partial charge in [-0.05, 0) is 12.1 Å². The lowest BCUT2D eigenvalue weighted by molar-refractivity contribution is 0.0572. The van der Waals surface area contributed by atoms with Crippen LogP contribution in [-0.4, -0.2) is 57.8 Å². The molecule has 1 amide bonds. The van der Waals surface area contributed by atoms with E-state index < -0.39 is 12.2 Å². The van der Waals surface area contributed by atoms with Gasteiger partial charge in [0.15, 0.2) is 0 Å². The number of aliphatic hydroxyl groups excluding tert-OH is 2. The van der Waals surface area contributed by atoms with Gasteiger partial charge in [0, 0.05) is 24.8 Å². The molecular formula is C13H15N3O3. The van der Waals surface area contributed by atoms with Crippen molar-refractivity contribution in [1.82, 2.24) is 9.88 Å². The van der Waals surface area contributed by atoms with Gasteiger partial charge in [-0.15, -0.1) is 0 Å². The average Bonchev–Trinajstić information content (AvgIpc) is 2.76. The molecule has 19 heavy (non-hydrogen) atoms. The largest absolute Gasteiger partial charge is 0.388 e. The SMILES string of the molecule is NCC#Cc1ccc(C(=O)N2CC(O)C(O)C2)nc1. The van der Waals surface area contributed by atoms with Crippen LogP contribution in [0.2, 0.25) is 0 Å². The third-order valence-electron chi connectivity index (χ3n) is 2.86. The molecule has 6 heteroatoms. The number of hydrogen-bond acceptors (Lipinski definition) is 5. The van der Waals surface area contributed by atoms with Gasteiger partial charge in [-0.1, -0.05) is 11.8 Å². The maximum absolute atomic E-state index is 12.0. The molecule has 0 bridgehead atoms. The zero-order valence-electron chi connectivity index (χ0n) is 10.3. The van der Waals surface area contributed by atoms with Crippen molar-refractivity contribution in [2.75, 3.05) is 19.6 Å². The molecule has 0 radical (unpaired) electrons. The standard InChI is InChI=1S/C13H15N3O3/c14-5-1-2-9-3-4-10(15-6-9)13(19)16-7-11(17)12(18)8-16/h3-4,6,11-12,17-18H,5,7-8,14H2. The zero-order chi connectivity index (χ0) is 13.8. The molecule has 4 N–H and O–H groups in total. The monoisotopic (exact) mass is 261 g/mol. The smallest absolute Gasteiger partial charge is 0.272 e. The molecule has 2 rings (SSSR count). The van der Waals surface area contributed by atoms with Gasteiger partial charge >= 0.3 is 0 Å². The van der Waals surface area contributed by atoms with E-state index in [1.165, 1.54) is 11.1 Å². The minimum atomic E-state index is -0.890. The lowest BCUT2D eigenvalue weighted by Crippen LogP contribution is -2.30. The molecule has 1 saturated heterocycles. The molecule has 100 valence electrons. The number of hydrogen-bond donors (Lipinski definition) is 3. The normalized spacial score (nSPS) is 21.9. The first-order chi connectivity index (χ1) is 9.11. The third kappa shape index (κ3) is 3.09. The maximum atomic E-state index is 12.0. The van der Waals surface area contributed by atoms with Crippen LogP contribution in [0.25, 0.3) is 0 Å². The predicted molar refractivity (Wildman–Crippen MR) is 68.1 cm³/mol. The van der Waals surface area contributed by atoms with E-state index in [0.29, 0.717) is 5.56 Å². The van der Waals surface area contributed by atoms with Crippen molar-refractivity contribution in [3.8, 4) is 11.8 Å². The summed E-state index contributed by atoms with van der Waals surface area (Å²) < 4.78 is 0. The molecule has 0 aliphatic carbocycles. The molecule has 0 spiro atoms. The highest BCUT2D eigenvalue weighted by atomic mass is 16.3. The molecule has 2 atom stereocenters. The van der Waals surface area contributed by atoms with Crippen LogP contribution in [0.3, 0.4) is 0 Å². The summed E-state index contributed by atoms with van der Waals surface area (Å²) in [6, 6.07) is 3.26. The van der Waals surface area contributed by atoms with Gasteiger partial charge in [0.25, 0.3) is 5.91 Å². The minimum Gasteiger partial charge on any atom is -0.388 e. The summed E-state index contributed by atoms with van der Waals surface area (Å²) in [4.78, 5) is 17.5. The molecular weight excluding hydrogens is 246 g/mol. The summed E-state index contributed by atoms with van der Waals surface area (Å²) in [5, 5.41) is 18.8. The Morgan fingerprint density at radius 2 is 2.11 bits per heavy atom. The van der Waals surface area contributed by atoms with Crippen LogP contribution < -0.4 is 5.73 Å². The Morgan fingerprint density at radius 3 is 2.63 bits per heavy atom. The van der Waals surface area contributed by atoms with Gasteiger partial charge in [-0.3, -0.25) is 4.79 Å². The lowest BCUT2D eigenvalue weighted by atomic mass is 10.2. The van der Waals surface area contributed by atoms with E-state index in [9.17, 15) is 15.0 Å². The minimum absolute atomic E-state index is 0.121. The van der Waals surface area contributed by atoms with Crippen molar-refractivity contribution in [2.24, 2.45) is 5.73 Å². The summed E-state index contributed by atoms with van der Waals surface area (Å²) in [5.74, 6) is 5.20. The van der Waals surface area contributed by atoms with Crippen LogP contribution in [0.1, 0.15) is 16.1 Å². The van der Waals surface area contributed by atoms with Crippen LogP contribution in [0.15, 0.2) is 18.3 Å². The number of nitrogens with two attached hydrogens (primary N) is 1. The fraction of sp³-hybridized carbons (Fsp3) is 0.385. The first kappa shape index (κ1) is 13.5. The van der Waals surface area contributed by atoms with E-state index in [-0.39, 0.29) is 31.2 Å². The van der Waals surface area contributed by atoms with Gasteiger partial charge in [0.1, 0.15) is 5.69 Å². The number of aliphatic hydroxyl groups is 2. The number of amides is 1. The highest BCUT2D eigenvalue weighted by Crippen LogP contribution is 2.13. The summed E-state index contributed by atoms with van der Waals surface area (Å²) >= 11 is 0. The first-order valence-corrected chi connectivity index (χ1v) is 5.92. The molecule has 1 fully saturated rings. The second-order valence-electron chi connectivity index (χ2n) is 4.28. The highest BCUT2D eigenvalue weighted by molar-refractivity contribution is 5.92. The molecule has 0 saturated carbocycles. The zero-order valence-corrected chi connectivity index (χ0v) is 10.3. The van der Waals surface area contributed by atoms with E-state index in [4.69, 9.17) is 5.73 Å². The molecule has 1 aromatic rings. The van der Waals surface area contributed by atoms with Crippen molar-refractivity contribution >= 4 is 5.91 Å². The molecule has 2 unspecified atom stereocenters. The Hall–Kier alpha value is -1.94. The quantitative estimate of drug-likeness (QED) is 0.538. The van der Waals surface area contributed by atoms with E-state index in [1.807, 2.05) is 0 Å². The molecule has 2 heterocycles. The van der Waals surface area contributed by atoms with E-state index in [1.54, 1.807) is 12.1 Å². The van der Waals surface area contributed by atoms with Crippen LogP contribution in [0, 0.1) is 11.8 Å². The van der Waals surface area contributed by atoms with Gasteiger partial charge in [0.2, 0.25) is 0 Å². The number of aromatic nitrogens is 1. The van der Waals surface area contributed by atoms with Crippen LogP contribution >= 0.6 is 0 Å². The number of likely N-dealkylation sites (tertiary alicyclic amines) is 1. The maximum Gasteiger partial charge on any atom is 0.272 e. The summed E-state index contributed by atoms with van der Waals surface area (Å²) in [7, 11) is 0. The Morgan fingerprint density at radius 1 is 1.42 bits per heavy atom. The van der Waals surface area contributed by atoms with Crippen molar-refractivity contribution in [3.63, 3.8) is 0 Å². The van der Waals surface area contributed by atoms with E-state index >= 15 is 0 Å². The van der Waals surface area contributed by atoms with E-state index in [0.717, 1.165) is 0 Å². The molecule has 1 aromatic heterocycles. The number of carbonyl (C=O) groups is 1. The van der Waals surface area contributed by atoms with Gasteiger partial charge in [-0.25, -0.2) is 4.98 Å². The predicted octanol–water partition coefficient (Wildman–Crippen LogP) is -1.43. The Labute approximate surface area is 110 Å². The van der Waals surface area contributed by atoms with Crippen LogP contribution in [0.5, 0.6) is 0 Å². The lowest BCUT2D eigenvalue weighted by Gasteiger charge is -2.14. The van der Waals surface area contributed by atoms with Crippen LogP contribution in [0.4, 0.5) is 0 Å². The van der Waals surface area contributed by atoms with Gasteiger partial charge in [0.05, 0.1) is 18.8 Å². The molecule has 0 aromatic carbocycles.